The summed E-state index contributed by atoms with van der Waals surface area (Å²) in [6.07, 6.45) is 3.33. The van der Waals surface area contributed by atoms with E-state index in [1.165, 1.54) is 10.6 Å². The molecule has 0 radical (unpaired) electrons. The molecule has 4 heteroatoms. The lowest BCUT2D eigenvalue weighted by atomic mass is 9.91. The van der Waals surface area contributed by atoms with E-state index in [9.17, 15) is 5.21 Å². The van der Waals surface area contributed by atoms with Crippen LogP contribution in [0, 0.1) is 0 Å². The monoisotopic (exact) mass is 249 g/mol. The van der Waals surface area contributed by atoms with Crippen molar-refractivity contribution in [2.45, 2.75) is 18.9 Å². The van der Waals surface area contributed by atoms with Crippen LogP contribution in [0.4, 0.5) is 0 Å². The lowest BCUT2D eigenvalue weighted by Crippen LogP contribution is -2.32. The zero-order chi connectivity index (χ0) is 13.1. The SMILES string of the molecule is C=CCC1c2cc(OC)c(OC)cc2CCN1O. The molecule has 1 heterocycles. The predicted octanol–water partition coefficient (Wildman–Crippen LogP) is 2.57. The normalized spacial score (nSPS) is 19.2. The van der Waals surface area contributed by atoms with E-state index in [1.807, 2.05) is 18.2 Å². The minimum atomic E-state index is -0.0499. The van der Waals surface area contributed by atoms with Crippen LogP contribution in [0.15, 0.2) is 24.8 Å². The van der Waals surface area contributed by atoms with E-state index >= 15 is 0 Å². The van der Waals surface area contributed by atoms with Crippen molar-refractivity contribution < 1.29 is 14.7 Å². The summed E-state index contributed by atoms with van der Waals surface area (Å²) in [4.78, 5) is 0. The van der Waals surface area contributed by atoms with E-state index in [2.05, 4.69) is 6.58 Å². The molecule has 1 aromatic carbocycles. The van der Waals surface area contributed by atoms with Gasteiger partial charge in [0, 0.05) is 6.54 Å². The van der Waals surface area contributed by atoms with Crippen molar-refractivity contribution in [1.29, 1.82) is 0 Å². The molecule has 4 nitrogen and oxygen atoms in total. The molecule has 1 aromatic rings. The second-order valence-electron chi connectivity index (χ2n) is 4.36. The number of nitrogens with zero attached hydrogens (tertiary/aromatic N) is 1. The Kier molecular flexibility index (Phi) is 3.89. The maximum absolute atomic E-state index is 9.95. The van der Waals surface area contributed by atoms with E-state index in [4.69, 9.17) is 9.47 Å². The predicted molar refractivity (Wildman–Crippen MR) is 69.3 cm³/mol. The van der Waals surface area contributed by atoms with Crippen molar-refractivity contribution in [3.63, 3.8) is 0 Å². The number of hydrogen-bond acceptors (Lipinski definition) is 4. The molecule has 1 N–H and O–H groups in total. The number of ether oxygens (including phenoxy) is 2. The summed E-state index contributed by atoms with van der Waals surface area (Å²) in [7, 11) is 3.25. The molecule has 0 amide bonds. The molecule has 1 aliphatic heterocycles. The molecule has 0 fully saturated rings. The van der Waals surface area contributed by atoms with Crippen LogP contribution in [0.1, 0.15) is 23.6 Å². The summed E-state index contributed by atoms with van der Waals surface area (Å²) in [6, 6.07) is 3.90. The highest BCUT2D eigenvalue weighted by Crippen LogP contribution is 2.38. The van der Waals surface area contributed by atoms with Crippen LogP contribution in [0.25, 0.3) is 0 Å². The third-order valence-electron chi connectivity index (χ3n) is 3.36. The topological polar surface area (TPSA) is 41.9 Å². The van der Waals surface area contributed by atoms with E-state index < -0.39 is 0 Å². The van der Waals surface area contributed by atoms with Gasteiger partial charge in [0.05, 0.1) is 20.3 Å². The van der Waals surface area contributed by atoms with Crippen LogP contribution in [0.3, 0.4) is 0 Å². The van der Waals surface area contributed by atoms with Gasteiger partial charge in [-0.05, 0) is 36.1 Å². The molecule has 0 bridgehead atoms. The Morgan fingerprint density at radius 3 is 2.67 bits per heavy atom. The fourth-order valence-electron chi connectivity index (χ4n) is 2.42. The summed E-state index contributed by atoms with van der Waals surface area (Å²) >= 11 is 0. The summed E-state index contributed by atoms with van der Waals surface area (Å²) in [5, 5.41) is 11.3. The van der Waals surface area contributed by atoms with Gasteiger partial charge in [-0.15, -0.1) is 6.58 Å². The number of benzene rings is 1. The van der Waals surface area contributed by atoms with Gasteiger partial charge in [-0.25, -0.2) is 0 Å². The first kappa shape index (κ1) is 12.9. The lowest BCUT2D eigenvalue weighted by Gasteiger charge is -2.32. The summed E-state index contributed by atoms with van der Waals surface area (Å²) in [5.74, 6) is 1.43. The molecule has 18 heavy (non-hydrogen) atoms. The van der Waals surface area contributed by atoms with E-state index in [1.54, 1.807) is 14.2 Å². The second kappa shape index (κ2) is 5.42. The fraction of sp³-hybridized carbons (Fsp3) is 0.429. The fourth-order valence-corrected chi connectivity index (χ4v) is 2.42. The average Bonchev–Trinajstić information content (AvgIpc) is 2.40. The number of hydrogen-bond donors (Lipinski definition) is 1. The minimum Gasteiger partial charge on any atom is -0.493 e. The molecule has 0 aliphatic carbocycles. The Morgan fingerprint density at radius 1 is 1.39 bits per heavy atom. The molecule has 0 spiro atoms. The molecule has 0 saturated carbocycles. The zero-order valence-corrected chi connectivity index (χ0v) is 10.8. The van der Waals surface area contributed by atoms with Crippen molar-refractivity contribution in [1.82, 2.24) is 5.06 Å². The number of rotatable bonds is 4. The van der Waals surface area contributed by atoms with Gasteiger partial charge in [-0.3, -0.25) is 0 Å². The van der Waals surface area contributed by atoms with E-state index in [0.717, 1.165) is 17.7 Å². The minimum absolute atomic E-state index is 0.0499. The van der Waals surface area contributed by atoms with Gasteiger partial charge in [0.25, 0.3) is 0 Å². The van der Waals surface area contributed by atoms with Gasteiger partial charge in [-0.1, -0.05) is 6.08 Å². The van der Waals surface area contributed by atoms with Crippen LogP contribution >= 0.6 is 0 Å². The molecule has 1 atom stereocenters. The highest BCUT2D eigenvalue weighted by Gasteiger charge is 2.27. The number of fused-ring (bicyclic) bond motifs is 1. The first-order valence-corrected chi connectivity index (χ1v) is 6.02. The summed E-state index contributed by atoms with van der Waals surface area (Å²) in [5.41, 5.74) is 2.28. The maximum atomic E-state index is 9.95. The van der Waals surface area contributed by atoms with Gasteiger partial charge < -0.3 is 14.7 Å². The van der Waals surface area contributed by atoms with Crippen LogP contribution in [0.5, 0.6) is 11.5 Å². The van der Waals surface area contributed by atoms with Crippen LogP contribution in [0.2, 0.25) is 0 Å². The Morgan fingerprint density at radius 2 is 2.06 bits per heavy atom. The van der Waals surface area contributed by atoms with Gasteiger partial charge in [0.15, 0.2) is 11.5 Å². The average molecular weight is 249 g/mol. The van der Waals surface area contributed by atoms with Crippen molar-refractivity contribution >= 4 is 0 Å². The van der Waals surface area contributed by atoms with Crippen molar-refractivity contribution in [3.8, 4) is 11.5 Å². The van der Waals surface area contributed by atoms with Crippen molar-refractivity contribution in [2.24, 2.45) is 0 Å². The molecular formula is C14H19NO3. The van der Waals surface area contributed by atoms with Gasteiger partial charge in [0.1, 0.15) is 0 Å². The van der Waals surface area contributed by atoms with Crippen LogP contribution in [-0.2, 0) is 6.42 Å². The molecule has 98 valence electrons. The molecule has 2 rings (SSSR count). The van der Waals surface area contributed by atoms with Gasteiger partial charge in [0.2, 0.25) is 0 Å². The molecular weight excluding hydrogens is 230 g/mol. The quantitative estimate of drug-likeness (QED) is 0.833. The van der Waals surface area contributed by atoms with Crippen LogP contribution in [-0.4, -0.2) is 31.0 Å². The molecule has 1 unspecified atom stereocenters. The maximum Gasteiger partial charge on any atom is 0.161 e. The van der Waals surface area contributed by atoms with E-state index in [-0.39, 0.29) is 6.04 Å². The zero-order valence-electron chi connectivity index (χ0n) is 10.8. The Balaban J connectivity index is 2.47. The van der Waals surface area contributed by atoms with Gasteiger partial charge >= 0.3 is 0 Å². The number of hydroxylamine groups is 2. The highest BCUT2D eigenvalue weighted by molar-refractivity contribution is 5.49. The van der Waals surface area contributed by atoms with Crippen LogP contribution < -0.4 is 9.47 Å². The molecule has 1 aliphatic rings. The third kappa shape index (κ3) is 2.21. The largest absolute Gasteiger partial charge is 0.493 e. The lowest BCUT2D eigenvalue weighted by molar-refractivity contribution is -0.132. The first-order valence-electron chi connectivity index (χ1n) is 6.02. The first-order chi connectivity index (χ1) is 8.71. The Bertz CT molecular complexity index is 445. The Hall–Kier alpha value is -1.52. The second-order valence-corrected chi connectivity index (χ2v) is 4.36. The molecule has 0 saturated heterocycles. The third-order valence-corrected chi connectivity index (χ3v) is 3.36. The van der Waals surface area contributed by atoms with Crippen molar-refractivity contribution in [3.05, 3.63) is 35.9 Å². The standard InChI is InChI=1S/C14H19NO3/c1-4-5-12-11-9-14(18-3)13(17-2)8-10(11)6-7-15(12)16/h4,8-9,12,16H,1,5-7H2,2-3H3. The van der Waals surface area contributed by atoms with Gasteiger partial charge in [-0.2, -0.15) is 5.06 Å². The smallest absolute Gasteiger partial charge is 0.161 e. The molecule has 0 aromatic heterocycles. The highest BCUT2D eigenvalue weighted by atomic mass is 16.5. The van der Waals surface area contributed by atoms with E-state index in [0.29, 0.717) is 18.7 Å². The number of methoxy groups -OCH3 is 2. The summed E-state index contributed by atoms with van der Waals surface area (Å²) < 4.78 is 10.6. The summed E-state index contributed by atoms with van der Waals surface area (Å²) in [6.45, 7) is 4.37. The Labute approximate surface area is 107 Å². The van der Waals surface area contributed by atoms with Crippen molar-refractivity contribution in [2.75, 3.05) is 20.8 Å².